The van der Waals surface area contributed by atoms with Crippen LogP contribution in [0.2, 0.25) is 0 Å². The number of nitrogens with zero attached hydrogens (tertiary/aromatic N) is 3. The zero-order valence-corrected chi connectivity index (χ0v) is 20.4. The molecule has 1 fully saturated rings. The lowest BCUT2D eigenvalue weighted by atomic mass is 10.1. The molecule has 4 amide bonds. The van der Waals surface area contributed by atoms with Crippen LogP contribution in [-0.4, -0.2) is 65.8 Å². The number of anilines is 1. The molecule has 2 aromatic carbocycles. The van der Waals surface area contributed by atoms with Gasteiger partial charge < -0.3 is 4.90 Å². The van der Waals surface area contributed by atoms with E-state index in [0.717, 1.165) is 19.2 Å². The molecule has 0 aliphatic carbocycles. The van der Waals surface area contributed by atoms with Crippen LogP contribution < -0.4 is 15.8 Å². The minimum Gasteiger partial charge on any atom is -0.322 e. The van der Waals surface area contributed by atoms with Gasteiger partial charge in [-0.05, 0) is 45.0 Å². The van der Waals surface area contributed by atoms with Gasteiger partial charge in [0.1, 0.15) is 5.82 Å². The molecule has 2 N–H and O–H groups in total. The summed E-state index contributed by atoms with van der Waals surface area (Å²) in [5.41, 5.74) is 3.94. The Kier molecular flexibility index (Phi) is 8.57. The second kappa shape index (κ2) is 11.4. The van der Waals surface area contributed by atoms with Gasteiger partial charge in [-0.25, -0.2) is 9.18 Å². The Morgan fingerprint density at radius 1 is 0.972 bits per heavy atom. The SMILES string of the molecule is CC(C)(C)N1CCN(C(=O)N(Cc2ccc(C(=O)NNC(=O)C(F)F)cc2F)c2ccccc2)CC1. The number of para-hydroxylation sites is 1. The molecule has 11 heteroatoms. The second-order valence-electron chi connectivity index (χ2n) is 9.40. The van der Waals surface area contributed by atoms with Crippen molar-refractivity contribution in [3.63, 3.8) is 0 Å². The first kappa shape index (κ1) is 27.0. The van der Waals surface area contributed by atoms with Gasteiger partial charge in [-0.15, -0.1) is 0 Å². The zero-order valence-electron chi connectivity index (χ0n) is 20.4. The van der Waals surface area contributed by atoms with Gasteiger partial charge in [0.05, 0.1) is 6.54 Å². The Bertz CT molecular complexity index is 1080. The van der Waals surface area contributed by atoms with E-state index in [4.69, 9.17) is 0 Å². The fourth-order valence-corrected chi connectivity index (χ4v) is 3.85. The maximum atomic E-state index is 15.0. The first-order valence-electron chi connectivity index (χ1n) is 11.5. The number of hydrazine groups is 1. The van der Waals surface area contributed by atoms with E-state index in [1.54, 1.807) is 34.6 Å². The lowest BCUT2D eigenvalue weighted by molar-refractivity contribution is -0.132. The molecule has 1 heterocycles. The Hall–Kier alpha value is -3.60. The number of hydrogen-bond acceptors (Lipinski definition) is 4. The molecule has 36 heavy (non-hydrogen) atoms. The van der Waals surface area contributed by atoms with Crippen molar-refractivity contribution >= 4 is 23.5 Å². The van der Waals surface area contributed by atoms with Crippen molar-refractivity contribution in [1.29, 1.82) is 0 Å². The van der Waals surface area contributed by atoms with E-state index < -0.39 is 24.1 Å². The average molecular weight is 506 g/mol. The van der Waals surface area contributed by atoms with E-state index in [1.165, 1.54) is 17.0 Å². The number of carbonyl (C=O) groups excluding carboxylic acids is 3. The summed E-state index contributed by atoms with van der Waals surface area (Å²) in [5, 5.41) is 0. The first-order valence-corrected chi connectivity index (χ1v) is 11.5. The number of urea groups is 1. The highest BCUT2D eigenvalue weighted by Crippen LogP contribution is 2.23. The molecule has 1 aliphatic rings. The molecule has 194 valence electrons. The summed E-state index contributed by atoms with van der Waals surface area (Å²) in [6, 6.07) is 12.2. The van der Waals surface area contributed by atoms with Crippen LogP contribution in [0.1, 0.15) is 36.7 Å². The first-order chi connectivity index (χ1) is 17.0. The number of halogens is 3. The van der Waals surface area contributed by atoms with Gasteiger partial charge in [0.2, 0.25) is 0 Å². The molecular formula is C25H30F3N5O3. The maximum Gasteiger partial charge on any atom is 0.324 e. The highest BCUT2D eigenvalue weighted by Gasteiger charge is 2.30. The average Bonchev–Trinajstić information content (AvgIpc) is 2.85. The summed E-state index contributed by atoms with van der Waals surface area (Å²) >= 11 is 0. The predicted molar refractivity (Wildman–Crippen MR) is 129 cm³/mol. The van der Waals surface area contributed by atoms with Gasteiger partial charge in [-0.1, -0.05) is 24.3 Å². The molecule has 0 atom stereocenters. The van der Waals surface area contributed by atoms with Crippen LogP contribution >= 0.6 is 0 Å². The lowest BCUT2D eigenvalue weighted by Gasteiger charge is -2.43. The van der Waals surface area contributed by atoms with Gasteiger partial charge in [0.25, 0.3) is 5.91 Å². The smallest absolute Gasteiger partial charge is 0.322 e. The molecule has 0 aromatic heterocycles. The third-order valence-corrected chi connectivity index (χ3v) is 5.94. The van der Waals surface area contributed by atoms with Crippen molar-refractivity contribution in [2.45, 2.75) is 39.3 Å². The third kappa shape index (κ3) is 6.75. The van der Waals surface area contributed by atoms with E-state index in [0.29, 0.717) is 18.8 Å². The van der Waals surface area contributed by atoms with E-state index in [9.17, 15) is 27.6 Å². The van der Waals surface area contributed by atoms with E-state index in [2.05, 4.69) is 25.7 Å². The van der Waals surface area contributed by atoms with E-state index >= 15 is 0 Å². The molecule has 3 rings (SSSR count). The topological polar surface area (TPSA) is 85.0 Å². The monoisotopic (exact) mass is 505 g/mol. The molecule has 1 saturated heterocycles. The van der Waals surface area contributed by atoms with Crippen molar-refractivity contribution < 1.29 is 27.6 Å². The summed E-state index contributed by atoms with van der Waals surface area (Å²) in [7, 11) is 0. The lowest BCUT2D eigenvalue weighted by Crippen LogP contribution is -2.57. The van der Waals surface area contributed by atoms with Gasteiger partial charge in [0.15, 0.2) is 0 Å². The van der Waals surface area contributed by atoms with Crippen LogP contribution in [0.3, 0.4) is 0 Å². The van der Waals surface area contributed by atoms with Crippen molar-refractivity contribution in [3.8, 4) is 0 Å². The Morgan fingerprint density at radius 2 is 1.61 bits per heavy atom. The molecule has 0 saturated carbocycles. The minimum absolute atomic E-state index is 0.00627. The Morgan fingerprint density at radius 3 is 2.17 bits per heavy atom. The molecule has 8 nitrogen and oxygen atoms in total. The Labute approximate surface area is 208 Å². The molecular weight excluding hydrogens is 475 g/mol. The quantitative estimate of drug-likeness (QED) is 0.611. The zero-order chi connectivity index (χ0) is 26.5. The molecule has 0 radical (unpaired) electrons. The summed E-state index contributed by atoms with van der Waals surface area (Å²) in [6.07, 6.45) is -3.30. The standard InChI is InChI=1S/C25H30F3N5O3/c1-25(2,3)32-13-11-31(12-14-32)24(36)33(19-7-5-4-6-8-19)16-18-10-9-17(15-20(18)26)22(34)29-30-23(35)21(27)28/h4-10,15,21H,11-14,16H2,1-3H3,(H,29,34)(H,30,35). The number of rotatable bonds is 5. The number of nitrogens with one attached hydrogen (secondary N) is 2. The summed E-state index contributed by atoms with van der Waals surface area (Å²) in [4.78, 5) is 42.0. The number of carbonyl (C=O) groups is 3. The number of benzene rings is 2. The summed E-state index contributed by atoms with van der Waals surface area (Å²) < 4.78 is 39.5. The normalized spacial score (nSPS) is 14.5. The van der Waals surface area contributed by atoms with Crippen LogP contribution in [0.25, 0.3) is 0 Å². The highest BCUT2D eigenvalue weighted by molar-refractivity contribution is 5.96. The number of amides is 4. The number of hydrogen-bond donors (Lipinski definition) is 2. The van der Waals surface area contributed by atoms with Crippen molar-refractivity contribution in [2.24, 2.45) is 0 Å². The van der Waals surface area contributed by atoms with Crippen LogP contribution in [-0.2, 0) is 11.3 Å². The van der Waals surface area contributed by atoms with Crippen molar-refractivity contribution in [1.82, 2.24) is 20.7 Å². The fraction of sp³-hybridized carbons (Fsp3) is 0.400. The van der Waals surface area contributed by atoms with Gasteiger partial charge in [-0.3, -0.25) is 30.2 Å². The fourth-order valence-electron chi connectivity index (χ4n) is 3.85. The van der Waals surface area contributed by atoms with Gasteiger partial charge in [0, 0.05) is 48.5 Å². The highest BCUT2D eigenvalue weighted by atomic mass is 19.3. The maximum absolute atomic E-state index is 15.0. The van der Waals surface area contributed by atoms with Crippen LogP contribution in [0, 0.1) is 5.82 Å². The van der Waals surface area contributed by atoms with Crippen LogP contribution in [0.5, 0.6) is 0 Å². The molecule has 0 bridgehead atoms. The van der Waals surface area contributed by atoms with Gasteiger partial charge >= 0.3 is 18.4 Å². The molecule has 0 spiro atoms. The molecule has 1 aliphatic heterocycles. The largest absolute Gasteiger partial charge is 0.324 e. The summed E-state index contributed by atoms with van der Waals surface area (Å²) in [6.45, 7) is 8.80. The second-order valence-corrected chi connectivity index (χ2v) is 9.40. The Balaban J connectivity index is 1.75. The van der Waals surface area contributed by atoms with Crippen LogP contribution in [0.4, 0.5) is 23.7 Å². The van der Waals surface area contributed by atoms with Crippen LogP contribution in [0.15, 0.2) is 48.5 Å². The molecule has 2 aromatic rings. The number of alkyl halides is 2. The predicted octanol–water partition coefficient (Wildman–Crippen LogP) is 3.39. The third-order valence-electron chi connectivity index (χ3n) is 5.94. The van der Waals surface area contributed by atoms with E-state index in [1.807, 2.05) is 11.5 Å². The van der Waals surface area contributed by atoms with Gasteiger partial charge in [-0.2, -0.15) is 8.78 Å². The van der Waals surface area contributed by atoms with E-state index in [-0.39, 0.29) is 29.2 Å². The van der Waals surface area contributed by atoms with Crippen molar-refractivity contribution in [2.75, 3.05) is 31.1 Å². The summed E-state index contributed by atoms with van der Waals surface area (Å²) in [5.74, 6) is -3.39. The number of piperazine rings is 1. The van der Waals surface area contributed by atoms with Crippen molar-refractivity contribution in [3.05, 3.63) is 65.5 Å². The molecule has 0 unspecified atom stereocenters. The minimum atomic E-state index is -3.30.